The molecule has 1 rings (SSSR count). The molecule has 3 N–H and O–H groups in total. The lowest BCUT2D eigenvalue weighted by atomic mass is 10.1. The van der Waals surface area contributed by atoms with Crippen molar-refractivity contribution < 1.29 is 13.9 Å². The second-order valence-corrected chi connectivity index (χ2v) is 2.82. The van der Waals surface area contributed by atoms with Crippen LogP contribution < -0.4 is 5.73 Å². The summed E-state index contributed by atoms with van der Waals surface area (Å²) >= 11 is 0. The van der Waals surface area contributed by atoms with E-state index in [0.717, 1.165) is 12.1 Å². The van der Waals surface area contributed by atoms with Gasteiger partial charge in [-0.25, -0.2) is 4.39 Å². The molecule has 0 atom stereocenters. The molecule has 0 saturated carbocycles. The topological polar surface area (TPSA) is 46.2 Å². The molecular formula is C10H11F2NO. The fourth-order valence-electron chi connectivity index (χ4n) is 1.01. The summed E-state index contributed by atoms with van der Waals surface area (Å²) < 4.78 is 25.4. The maximum atomic E-state index is 12.8. The number of rotatable bonds is 3. The van der Waals surface area contributed by atoms with Crippen LogP contribution in [0.15, 0.2) is 18.2 Å². The molecule has 0 spiro atoms. The van der Waals surface area contributed by atoms with Crippen molar-refractivity contribution in [3.63, 3.8) is 0 Å². The van der Waals surface area contributed by atoms with Gasteiger partial charge < -0.3 is 10.8 Å². The van der Waals surface area contributed by atoms with Crippen molar-refractivity contribution in [3.05, 3.63) is 35.4 Å². The largest absolute Gasteiger partial charge is 0.505 e. The van der Waals surface area contributed by atoms with Gasteiger partial charge in [0.25, 0.3) is 0 Å². The van der Waals surface area contributed by atoms with Crippen LogP contribution in [0.2, 0.25) is 0 Å². The molecule has 1 aromatic carbocycles. The Bertz CT molecular complexity index is 327. The molecule has 0 aliphatic rings. The lowest BCUT2D eigenvalue weighted by molar-refractivity contribution is 0.407. The van der Waals surface area contributed by atoms with Crippen molar-refractivity contribution in [2.75, 3.05) is 6.54 Å². The molecule has 14 heavy (non-hydrogen) atoms. The number of phenols is 1. The van der Waals surface area contributed by atoms with E-state index in [1.807, 2.05) is 0 Å². The van der Waals surface area contributed by atoms with Gasteiger partial charge in [0.15, 0.2) is 17.4 Å². The Morgan fingerprint density at radius 2 is 2.07 bits per heavy atom. The Morgan fingerprint density at radius 1 is 1.36 bits per heavy atom. The minimum absolute atomic E-state index is 0.412. The van der Waals surface area contributed by atoms with Crippen LogP contribution in [0.25, 0.3) is 6.08 Å². The quantitative estimate of drug-likeness (QED) is 0.782. The number of halogens is 2. The molecule has 0 unspecified atom stereocenters. The summed E-state index contributed by atoms with van der Waals surface area (Å²) in [4.78, 5) is 0. The van der Waals surface area contributed by atoms with E-state index in [0.29, 0.717) is 18.5 Å². The number of nitrogens with two attached hydrogens (primary N) is 1. The Balaban J connectivity index is 2.89. The molecule has 0 aliphatic carbocycles. The molecule has 76 valence electrons. The van der Waals surface area contributed by atoms with Crippen molar-refractivity contribution in [3.8, 4) is 5.75 Å². The van der Waals surface area contributed by atoms with Crippen LogP contribution in [0.3, 0.4) is 0 Å². The summed E-state index contributed by atoms with van der Waals surface area (Å²) in [5, 5.41) is 8.96. The molecule has 0 saturated heterocycles. The lowest BCUT2D eigenvalue weighted by Gasteiger charge is -1.99. The zero-order valence-corrected chi connectivity index (χ0v) is 7.50. The molecule has 0 radical (unpaired) electrons. The molecule has 0 aliphatic heterocycles. The normalized spacial score (nSPS) is 11.1. The molecular weight excluding hydrogens is 188 g/mol. The van der Waals surface area contributed by atoms with Crippen molar-refractivity contribution in [2.45, 2.75) is 6.42 Å². The van der Waals surface area contributed by atoms with Crippen LogP contribution >= 0.6 is 0 Å². The van der Waals surface area contributed by atoms with Gasteiger partial charge in [0.2, 0.25) is 0 Å². The van der Waals surface area contributed by atoms with Crippen LogP contribution in [-0.4, -0.2) is 11.7 Å². The first-order valence-corrected chi connectivity index (χ1v) is 4.19. The van der Waals surface area contributed by atoms with E-state index in [-0.39, 0.29) is 0 Å². The third-order valence-electron chi connectivity index (χ3n) is 1.67. The first kappa shape index (κ1) is 10.7. The van der Waals surface area contributed by atoms with E-state index in [2.05, 4.69) is 0 Å². The highest BCUT2D eigenvalue weighted by molar-refractivity contribution is 5.52. The highest BCUT2D eigenvalue weighted by Gasteiger charge is 2.07. The average Bonchev–Trinajstić information content (AvgIpc) is 2.14. The molecule has 0 bridgehead atoms. The van der Waals surface area contributed by atoms with Crippen molar-refractivity contribution in [1.29, 1.82) is 0 Å². The molecule has 1 aromatic rings. The summed E-state index contributed by atoms with van der Waals surface area (Å²) in [5.41, 5.74) is 5.65. The third-order valence-corrected chi connectivity index (χ3v) is 1.67. The summed E-state index contributed by atoms with van der Waals surface area (Å²) in [5.74, 6) is -2.96. The highest BCUT2D eigenvalue weighted by atomic mass is 19.2. The van der Waals surface area contributed by atoms with Crippen LogP contribution in [0, 0.1) is 11.6 Å². The number of benzene rings is 1. The minimum Gasteiger partial charge on any atom is -0.505 e. The van der Waals surface area contributed by atoms with Crippen molar-refractivity contribution in [1.82, 2.24) is 0 Å². The van der Waals surface area contributed by atoms with Crippen molar-refractivity contribution >= 4 is 6.08 Å². The molecule has 0 fully saturated rings. The van der Waals surface area contributed by atoms with Gasteiger partial charge in [0.1, 0.15) is 0 Å². The van der Waals surface area contributed by atoms with Crippen LogP contribution in [-0.2, 0) is 0 Å². The van der Waals surface area contributed by atoms with Gasteiger partial charge in [-0.2, -0.15) is 4.39 Å². The number of phenolic OH excluding ortho intramolecular Hbond substituents is 1. The second kappa shape index (κ2) is 4.72. The molecule has 4 heteroatoms. The zero-order valence-electron chi connectivity index (χ0n) is 7.50. The van der Waals surface area contributed by atoms with Crippen molar-refractivity contribution in [2.24, 2.45) is 5.73 Å². The van der Waals surface area contributed by atoms with E-state index in [9.17, 15) is 8.78 Å². The summed E-state index contributed by atoms with van der Waals surface area (Å²) in [7, 11) is 0. The number of hydrogen-bond acceptors (Lipinski definition) is 2. The van der Waals surface area contributed by atoms with E-state index >= 15 is 0 Å². The van der Waals surface area contributed by atoms with E-state index in [1.54, 1.807) is 12.2 Å². The number of hydrogen-bond donors (Lipinski definition) is 2. The van der Waals surface area contributed by atoms with E-state index < -0.39 is 17.4 Å². The lowest BCUT2D eigenvalue weighted by Crippen LogP contribution is -1.95. The van der Waals surface area contributed by atoms with Gasteiger partial charge in [0.05, 0.1) is 0 Å². The minimum atomic E-state index is -1.22. The van der Waals surface area contributed by atoms with Gasteiger partial charge >= 0.3 is 0 Å². The first-order valence-electron chi connectivity index (χ1n) is 4.19. The first-order chi connectivity index (χ1) is 6.65. The summed E-state index contributed by atoms with van der Waals surface area (Å²) in [6.07, 6.45) is 3.96. The van der Waals surface area contributed by atoms with Gasteiger partial charge in [-0.15, -0.1) is 0 Å². The Kier molecular flexibility index (Phi) is 3.59. The molecule has 0 heterocycles. The fraction of sp³-hybridized carbons (Fsp3) is 0.200. The maximum Gasteiger partial charge on any atom is 0.200 e. The predicted octanol–water partition coefficient (Wildman–Crippen LogP) is 2.03. The zero-order chi connectivity index (χ0) is 10.6. The highest BCUT2D eigenvalue weighted by Crippen LogP contribution is 2.21. The van der Waals surface area contributed by atoms with Gasteiger partial charge in [-0.1, -0.05) is 12.2 Å². The monoisotopic (exact) mass is 199 g/mol. The van der Waals surface area contributed by atoms with Crippen LogP contribution in [0.4, 0.5) is 8.78 Å². The van der Waals surface area contributed by atoms with Gasteiger partial charge in [-0.3, -0.25) is 0 Å². The summed E-state index contributed by atoms with van der Waals surface area (Å²) in [6, 6.07) is 2.17. The standard InChI is InChI=1S/C10H11F2NO/c11-8-5-7(3-1-2-4-13)6-9(14)10(8)12/h1,3,5-6,14H,2,4,13H2. The van der Waals surface area contributed by atoms with Crippen LogP contribution in [0.5, 0.6) is 5.75 Å². The smallest absolute Gasteiger partial charge is 0.200 e. The second-order valence-electron chi connectivity index (χ2n) is 2.82. The molecule has 0 aromatic heterocycles. The fourth-order valence-corrected chi connectivity index (χ4v) is 1.01. The third kappa shape index (κ3) is 2.53. The van der Waals surface area contributed by atoms with E-state index in [1.165, 1.54) is 0 Å². The average molecular weight is 199 g/mol. The van der Waals surface area contributed by atoms with Crippen LogP contribution in [0.1, 0.15) is 12.0 Å². The molecule has 2 nitrogen and oxygen atoms in total. The number of aromatic hydroxyl groups is 1. The Morgan fingerprint density at radius 3 is 2.64 bits per heavy atom. The Hall–Kier alpha value is -1.42. The van der Waals surface area contributed by atoms with E-state index in [4.69, 9.17) is 10.8 Å². The SMILES string of the molecule is NCCC=Cc1cc(O)c(F)c(F)c1. The Labute approximate surface area is 80.7 Å². The van der Waals surface area contributed by atoms with Gasteiger partial charge in [0, 0.05) is 0 Å². The molecule has 0 amide bonds. The maximum absolute atomic E-state index is 12.8. The van der Waals surface area contributed by atoms with Gasteiger partial charge in [-0.05, 0) is 30.7 Å². The summed E-state index contributed by atoms with van der Waals surface area (Å²) in [6.45, 7) is 0.492. The predicted molar refractivity (Wildman–Crippen MR) is 50.7 cm³/mol.